The molecule has 34 heavy (non-hydrogen) atoms. The van der Waals surface area contributed by atoms with Crippen molar-refractivity contribution in [3.05, 3.63) is 89.0 Å². The van der Waals surface area contributed by atoms with Crippen molar-refractivity contribution in [2.75, 3.05) is 4.90 Å². The first-order valence-corrected chi connectivity index (χ1v) is 10.8. The molecule has 0 bridgehead atoms. The van der Waals surface area contributed by atoms with E-state index in [1.54, 1.807) is 25.3 Å². The zero-order valence-corrected chi connectivity index (χ0v) is 18.4. The van der Waals surface area contributed by atoms with Crippen molar-refractivity contribution in [3.63, 3.8) is 0 Å². The van der Waals surface area contributed by atoms with Crippen LogP contribution >= 0.6 is 0 Å². The number of carbonyl (C=O) groups excluding carboxylic acids is 2. The van der Waals surface area contributed by atoms with Gasteiger partial charge in [0.05, 0.1) is 16.6 Å². The number of nitrogens with one attached hydrogen (secondary N) is 2. The first-order valence-electron chi connectivity index (χ1n) is 10.8. The monoisotopic (exact) mass is 452 g/mol. The third kappa shape index (κ3) is 2.88. The molecule has 1 saturated heterocycles. The van der Waals surface area contributed by atoms with Gasteiger partial charge in [-0.05, 0) is 49.7 Å². The minimum Gasteiger partial charge on any atom is -0.507 e. The van der Waals surface area contributed by atoms with Crippen LogP contribution in [0, 0.1) is 13.8 Å². The average molecular weight is 452 g/mol. The van der Waals surface area contributed by atoms with E-state index in [9.17, 15) is 14.7 Å². The van der Waals surface area contributed by atoms with Crippen LogP contribution in [-0.2, 0) is 9.59 Å². The highest BCUT2D eigenvalue weighted by molar-refractivity contribution is 6.51. The number of carbonyl (C=O) groups is 2. The molecular formula is C26H20N4O4. The number of hydrogen-bond acceptors (Lipinski definition) is 5. The Bertz CT molecular complexity index is 1650. The van der Waals surface area contributed by atoms with Crippen LogP contribution in [0.1, 0.15) is 28.7 Å². The van der Waals surface area contributed by atoms with Crippen LogP contribution in [0.5, 0.6) is 0 Å². The van der Waals surface area contributed by atoms with Crippen molar-refractivity contribution in [2.24, 2.45) is 0 Å². The molecule has 6 rings (SSSR count). The first kappa shape index (κ1) is 20.0. The highest BCUT2D eigenvalue weighted by Gasteiger charge is 2.49. The number of Topliss-reactive ketones (excluding diaryl/α,β-unsaturated/α-hetero) is 1. The molecule has 1 aliphatic rings. The Kier molecular flexibility index (Phi) is 4.25. The van der Waals surface area contributed by atoms with Crippen LogP contribution in [0.25, 0.3) is 27.7 Å². The molecule has 5 aromatic rings. The van der Waals surface area contributed by atoms with Gasteiger partial charge >= 0.3 is 5.91 Å². The summed E-state index contributed by atoms with van der Waals surface area (Å²) in [5.74, 6) is -0.693. The van der Waals surface area contributed by atoms with Gasteiger partial charge in [0.25, 0.3) is 5.78 Å². The van der Waals surface area contributed by atoms with Crippen molar-refractivity contribution in [1.29, 1.82) is 0 Å². The minimum absolute atomic E-state index is 0.0549. The van der Waals surface area contributed by atoms with Crippen molar-refractivity contribution >= 4 is 45.3 Å². The van der Waals surface area contributed by atoms with Crippen LogP contribution in [0.2, 0.25) is 0 Å². The maximum Gasteiger partial charge on any atom is 0.302 e. The minimum atomic E-state index is -0.982. The van der Waals surface area contributed by atoms with Gasteiger partial charge in [0.2, 0.25) is 5.95 Å². The van der Waals surface area contributed by atoms with Crippen molar-refractivity contribution in [3.8, 4) is 0 Å². The van der Waals surface area contributed by atoms with E-state index < -0.39 is 17.7 Å². The van der Waals surface area contributed by atoms with Crippen LogP contribution in [0.15, 0.2) is 70.8 Å². The number of aliphatic hydroxyl groups is 1. The molecule has 1 fully saturated rings. The maximum absolute atomic E-state index is 13.3. The molecule has 1 unspecified atom stereocenters. The zero-order valence-electron chi connectivity index (χ0n) is 18.4. The van der Waals surface area contributed by atoms with Gasteiger partial charge in [-0.15, -0.1) is 0 Å². The summed E-state index contributed by atoms with van der Waals surface area (Å²) in [4.78, 5) is 38.7. The quantitative estimate of drug-likeness (QED) is 0.205. The molecule has 0 aliphatic carbocycles. The molecule has 3 aromatic heterocycles. The van der Waals surface area contributed by atoms with E-state index in [1.807, 2.05) is 49.4 Å². The number of rotatable bonds is 3. The van der Waals surface area contributed by atoms with Crippen LogP contribution in [-0.4, -0.2) is 31.7 Å². The second-order valence-corrected chi connectivity index (χ2v) is 8.45. The molecule has 4 heterocycles. The summed E-state index contributed by atoms with van der Waals surface area (Å²) >= 11 is 0. The van der Waals surface area contributed by atoms with Gasteiger partial charge < -0.3 is 19.5 Å². The summed E-state index contributed by atoms with van der Waals surface area (Å²) in [7, 11) is 0. The lowest BCUT2D eigenvalue weighted by Gasteiger charge is -2.20. The summed E-state index contributed by atoms with van der Waals surface area (Å²) in [5.41, 5.74) is 3.61. The number of aliphatic hydroxyl groups excluding tert-OH is 1. The number of aryl methyl sites for hydroxylation is 2. The summed E-state index contributed by atoms with van der Waals surface area (Å²) < 4.78 is 5.85. The smallest absolute Gasteiger partial charge is 0.302 e. The molecule has 8 nitrogen and oxygen atoms in total. The Hall–Kier alpha value is -4.59. The Morgan fingerprint density at radius 3 is 2.68 bits per heavy atom. The number of nitrogens with zero attached hydrogens (tertiary/aromatic N) is 2. The largest absolute Gasteiger partial charge is 0.507 e. The van der Waals surface area contributed by atoms with E-state index in [2.05, 4.69) is 15.0 Å². The van der Waals surface area contributed by atoms with E-state index in [-0.39, 0.29) is 17.3 Å². The van der Waals surface area contributed by atoms with Gasteiger partial charge in [-0.25, -0.2) is 4.98 Å². The molecule has 0 spiro atoms. The molecular weight excluding hydrogens is 432 g/mol. The third-order valence-electron chi connectivity index (χ3n) is 6.17. The number of hydrogen-bond donors (Lipinski definition) is 3. The molecule has 2 aromatic carbocycles. The number of anilines is 1. The SMILES string of the molecule is Cc1ccc2nc(N3C(=O)C(=O)/C(=C(/O)c4c[nH]c5ccccc45)C3c3ccc(C)o3)[nH]c2c1. The maximum atomic E-state index is 13.3. The highest BCUT2D eigenvalue weighted by Crippen LogP contribution is 2.43. The normalized spacial score (nSPS) is 17.9. The lowest BCUT2D eigenvalue weighted by Crippen LogP contribution is -2.30. The molecule has 1 atom stereocenters. The Morgan fingerprint density at radius 1 is 1.06 bits per heavy atom. The Balaban J connectivity index is 1.58. The van der Waals surface area contributed by atoms with E-state index in [0.29, 0.717) is 22.6 Å². The molecule has 1 aliphatic heterocycles. The second-order valence-electron chi connectivity index (χ2n) is 8.45. The predicted molar refractivity (Wildman–Crippen MR) is 127 cm³/mol. The molecule has 3 N–H and O–H groups in total. The Labute approximate surface area is 193 Å². The summed E-state index contributed by atoms with van der Waals surface area (Å²) in [5, 5.41) is 12.1. The van der Waals surface area contributed by atoms with Crippen LogP contribution in [0.4, 0.5) is 5.95 Å². The van der Waals surface area contributed by atoms with Crippen LogP contribution < -0.4 is 4.90 Å². The molecule has 0 saturated carbocycles. The van der Waals surface area contributed by atoms with Gasteiger partial charge in [0.15, 0.2) is 0 Å². The number of benzene rings is 2. The first-order chi connectivity index (χ1) is 16.4. The van der Waals surface area contributed by atoms with Gasteiger partial charge in [-0.2, -0.15) is 0 Å². The fourth-order valence-electron chi connectivity index (χ4n) is 4.56. The number of ketones is 1. The standard InChI is InChI=1S/C26H20N4O4/c1-13-7-9-18-19(11-13)29-26(28-18)30-22(20-10-8-14(2)34-20)21(24(32)25(30)33)23(31)16-12-27-17-6-4-3-5-15(16)17/h3-12,22,27,31H,1-2H3,(H,28,29)/b23-21+. The molecule has 1 amide bonds. The number of H-pyrrole nitrogens is 2. The lowest BCUT2D eigenvalue weighted by molar-refractivity contribution is -0.132. The van der Waals surface area contributed by atoms with E-state index in [0.717, 1.165) is 22.0 Å². The topological polar surface area (TPSA) is 115 Å². The summed E-state index contributed by atoms with van der Waals surface area (Å²) in [6.45, 7) is 3.73. The van der Waals surface area contributed by atoms with E-state index in [1.165, 1.54) is 4.90 Å². The summed E-state index contributed by atoms with van der Waals surface area (Å²) in [6, 6.07) is 15.6. The number of aromatic nitrogens is 3. The van der Waals surface area contributed by atoms with Gasteiger partial charge in [0.1, 0.15) is 23.3 Å². The van der Waals surface area contributed by atoms with Crippen LogP contribution in [0.3, 0.4) is 0 Å². The fraction of sp³-hybridized carbons (Fsp3) is 0.115. The lowest BCUT2D eigenvalue weighted by atomic mass is 9.99. The Morgan fingerprint density at radius 2 is 1.88 bits per heavy atom. The zero-order chi connectivity index (χ0) is 23.6. The van der Waals surface area contributed by atoms with Gasteiger partial charge in [-0.1, -0.05) is 24.3 Å². The highest BCUT2D eigenvalue weighted by atomic mass is 16.3. The molecule has 8 heteroatoms. The van der Waals surface area contributed by atoms with Crippen molar-refractivity contribution in [2.45, 2.75) is 19.9 Å². The van der Waals surface area contributed by atoms with Crippen molar-refractivity contribution < 1.29 is 19.1 Å². The number of furan rings is 1. The van der Waals surface area contributed by atoms with Crippen molar-refractivity contribution in [1.82, 2.24) is 15.0 Å². The number of fused-ring (bicyclic) bond motifs is 2. The number of aromatic amines is 2. The number of imidazole rings is 1. The fourth-order valence-corrected chi connectivity index (χ4v) is 4.56. The van der Waals surface area contributed by atoms with E-state index in [4.69, 9.17) is 4.42 Å². The predicted octanol–water partition coefficient (Wildman–Crippen LogP) is 4.88. The number of para-hydroxylation sites is 1. The molecule has 0 radical (unpaired) electrons. The van der Waals surface area contributed by atoms with E-state index >= 15 is 0 Å². The third-order valence-corrected chi connectivity index (χ3v) is 6.17. The number of amides is 1. The molecule has 168 valence electrons. The second kappa shape index (κ2) is 7.21. The summed E-state index contributed by atoms with van der Waals surface area (Å²) in [6.07, 6.45) is 1.63. The average Bonchev–Trinajstić information content (AvgIpc) is 3.58. The van der Waals surface area contributed by atoms with Gasteiger partial charge in [-0.3, -0.25) is 14.5 Å². The van der Waals surface area contributed by atoms with Gasteiger partial charge in [0, 0.05) is 22.7 Å².